The molecule has 0 bridgehead atoms. The van der Waals surface area contributed by atoms with Gasteiger partial charge >= 0.3 is 0 Å². The number of para-hydroxylation sites is 1. The molecular weight excluding hydrogens is 236 g/mol. The van der Waals surface area contributed by atoms with E-state index in [0.717, 1.165) is 18.2 Å². The Morgan fingerprint density at radius 1 is 1.21 bits per heavy atom. The molecule has 3 nitrogen and oxygen atoms in total. The molecule has 1 N–H and O–H groups in total. The van der Waals surface area contributed by atoms with Gasteiger partial charge in [0.2, 0.25) is 5.91 Å². The summed E-state index contributed by atoms with van der Waals surface area (Å²) >= 11 is 0. The Hall–Kier alpha value is -1.35. The van der Waals surface area contributed by atoms with Gasteiger partial charge in [-0.2, -0.15) is 0 Å². The third-order valence-electron chi connectivity index (χ3n) is 3.77. The lowest BCUT2D eigenvalue weighted by atomic mass is 9.89. The van der Waals surface area contributed by atoms with E-state index in [1.807, 2.05) is 37.4 Å². The van der Waals surface area contributed by atoms with Gasteiger partial charge in [0.15, 0.2) is 0 Å². The summed E-state index contributed by atoms with van der Waals surface area (Å²) in [5, 5.41) is 2.93. The number of likely N-dealkylation sites (N-methyl/N-ethyl adjacent to an activating group) is 1. The van der Waals surface area contributed by atoms with Crippen LogP contribution in [0.3, 0.4) is 0 Å². The maximum atomic E-state index is 11.9. The number of anilines is 1. The Kier molecular flexibility index (Phi) is 5.40. The van der Waals surface area contributed by atoms with Crippen molar-refractivity contribution >= 4 is 11.6 Å². The quantitative estimate of drug-likeness (QED) is 0.882. The molecule has 3 heteroatoms. The molecule has 0 aliphatic heterocycles. The third kappa shape index (κ3) is 5.03. The number of nitrogens with zero attached hydrogens (tertiary/aromatic N) is 1. The molecule has 1 fully saturated rings. The largest absolute Gasteiger partial charge is 0.325 e. The lowest BCUT2D eigenvalue weighted by Gasteiger charge is -2.26. The summed E-state index contributed by atoms with van der Waals surface area (Å²) in [4.78, 5) is 14.1. The van der Waals surface area contributed by atoms with Crippen molar-refractivity contribution in [3.63, 3.8) is 0 Å². The smallest absolute Gasteiger partial charge is 0.238 e. The monoisotopic (exact) mass is 260 g/mol. The maximum absolute atomic E-state index is 11.9. The van der Waals surface area contributed by atoms with E-state index in [1.54, 1.807) is 0 Å². The van der Waals surface area contributed by atoms with Crippen molar-refractivity contribution in [2.24, 2.45) is 5.92 Å². The molecule has 104 valence electrons. The molecule has 0 spiro atoms. The van der Waals surface area contributed by atoms with E-state index in [9.17, 15) is 4.79 Å². The molecule has 1 aliphatic carbocycles. The van der Waals surface area contributed by atoms with Gasteiger partial charge in [0.05, 0.1) is 6.54 Å². The molecule has 2 rings (SSSR count). The Morgan fingerprint density at radius 3 is 2.58 bits per heavy atom. The molecule has 1 aromatic carbocycles. The van der Waals surface area contributed by atoms with Gasteiger partial charge < -0.3 is 5.32 Å². The van der Waals surface area contributed by atoms with Gasteiger partial charge in [-0.1, -0.05) is 37.5 Å². The van der Waals surface area contributed by atoms with Crippen LogP contribution in [0.5, 0.6) is 0 Å². The number of benzene rings is 1. The number of nitrogens with one attached hydrogen (secondary N) is 1. The predicted molar refractivity (Wildman–Crippen MR) is 79.1 cm³/mol. The second-order valence-electron chi connectivity index (χ2n) is 5.61. The van der Waals surface area contributed by atoms with E-state index in [2.05, 4.69) is 10.2 Å². The molecule has 0 radical (unpaired) electrons. The van der Waals surface area contributed by atoms with Gasteiger partial charge in [0.25, 0.3) is 0 Å². The SMILES string of the molecule is CN(CC(=O)Nc1ccccc1)CC1CCCCC1. The fourth-order valence-corrected chi connectivity index (χ4v) is 2.84. The Balaban J connectivity index is 1.72. The second-order valence-corrected chi connectivity index (χ2v) is 5.61. The minimum atomic E-state index is 0.0736. The molecule has 19 heavy (non-hydrogen) atoms. The van der Waals surface area contributed by atoms with E-state index in [4.69, 9.17) is 0 Å². The summed E-state index contributed by atoms with van der Waals surface area (Å²) in [6.07, 6.45) is 6.74. The van der Waals surface area contributed by atoms with Crippen molar-refractivity contribution in [1.29, 1.82) is 0 Å². The zero-order valence-electron chi connectivity index (χ0n) is 11.8. The van der Waals surface area contributed by atoms with Gasteiger partial charge in [-0.3, -0.25) is 9.69 Å². The highest BCUT2D eigenvalue weighted by atomic mass is 16.2. The van der Waals surface area contributed by atoms with Crippen LogP contribution in [0.25, 0.3) is 0 Å². The first-order chi connectivity index (χ1) is 9.24. The van der Waals surface area contributed by atoms with E-state index in [1.165, 1.54) is 32.1 Å². The lowest BCUT2D eigenvalue weighted by Crippen LogP contribution is -2.34. The average molecular weight is 260 g/mol. The number of carbonyl (C=O) groups is 1. The van der Waals surface area contributed by atoms with Crippen molar-refractivity contribution in [2.45, 2.75) is 32.1 Å². The molecule has 0 aromatic heterocycles. The van der Waals surface area contributed by atoms with E-state index >= 15 is 0 Å². The van der Waals surface area contributed by atoms with Crippen LogP contribution in [-0.2, 0) is 4.79 Å². The maximum Gasteiger partial charge on any atom is 0.238 e. The zero-order chi connectivity index (χ0) is 13.5. The highest BCUT2D eigenvalue weighted by Gasteiger charge is 2.16. The van der Waals surface area contributed by atoms with Crippen molar-refractivity contribution in [2.75, 3.05) is 25.5 Å². The van der Waals surface area contributed by atoms with Crippen LogP contribution in [0.1, 0.15) is 32.1 Å². The summed E-state index contributed by atoms with van der Waals surface area (Å²) in [6.45, 7) is 1.52. The first-order valence-corrected chi connectivity index (χ1v) is 7.27. The van der Waals surface area contributed by atoms with Crippen LogP contribution in [0, 0.1) is 5.92 Å². The Morgan fingerprint density at radius 2 is 1.89 bits per heavy atom. The van der Waals surface area contributed by atoms with Gasteiger partial charge in [-0.05, 0) is 37.9 Å². The van der Waals surface area contributed by atoms with Crippen LogP contribution in [-0.4, -0.2) is 30.9 Å². The van der Waals surface area contributed by atoms with Crippen LogP contribution in [0.4, 0.5) is 5.69 Å². The molecule has 0 saturated heterocycles. The number of hydrogen-bond donors (Lipinski definition) is 1. The fraction of sp³-hybridized carbons (Fsp3) is 0.562. The third-order valence-corrected chi connectivity index (χ3v) is 3.77. The van der Waals surface area contributed by atoms with E-state index in [-0.39, 0.29) is 5.91 Å². The second kappa shape index (κ2) is 7.29. The molecule has 0 atom stereocenters. The van der Waals surface area contributed by atoms with Gasteiger partial charge in [0, 0.05) is 12.2 Å². The van der Waals surface area contributed by atoms with Crippen molar-refractivity contribution < 1.29 is 4.79 Å². The van der Waals surface area contributed by atoms with Gasteiger partial charge in [-0.25, -0.2) is 0 Å². The highest BCUT2D eigenvalue weighted by molar-refractivity contribution is 5.92. The van der Waals surface area contributed by atoms with Crippen LogP contribution >= 0.6 is 0 Å². The molecule has 1 aliphatic rings. The van der Waals surface area contributed by atoms with Crippen LogP contribution in [0.15, 0.2) is 30.3 Å². The van der Waals surface area contributed by atoms with E-state index < -0.39 is 0 Å². The molecule has 0 heterocycles. The topological polar surface area (TPSA) is 32.3 Å². The minimum Gasteiger partial charge on any atom is -0.325 e. The first kappa shape index (κ1) is 14.1. The fourth-order valence-electron chi connectivity index (χ4n) is 2.84. The molecular formula is C16H24N2O. The summed E-state index contributed by atoms with van der Waals surface area (Å²) < 4.78 is 0. The highest BCUT2D eigenvalue weighted by Crippen LogP contribution is 2.23. The van der Waals surface area contributed by atoms with Gasteiger partial charge in [-0.15, -0.1) is 0 Å². The standard InChI is InChI=1S/C16H24N2O/c1-18(12-14-8-4-2-5-9-14)13-16(19)17-15-10-6-3-7-11-15/h3,6-7,10-11,14H,2,4-5,8-9,12-13H2,1H3,(H,17,19). The first-order valence-electron chi connectivity index (χ1n) is 7.27. The van der Waals surface area contributed by atoms with E-state index in [0.29, 0.717) is 6.54 Å². The molecule has 1 amide bonds. The summed E-state index contributed by atoms with van der Waals surface area (Å²) in [5.74, 6) is 0.854. The zero-order valence-corrected chi connectivity index (χ0v) is 11.8. The van der Waals surface area contributed by atoms with Crippen LogP contribution in [0.2, 0.25) is 0 Å². The number of rotatable bonds is 5. The summed E-state index contributed by atoms with van der Waals surface area (Å²) in [6, 6.07) is 9.64. The van der Waals surface area contributed by atoms with Crippen molar-refractivity contribution in [3.05, 3.63) is 30.3 Å². The number of hydrogen-bond acceptors (Lipinski definition) is 2. The number of carbonyl (C=O) groups excluding carboxylic acids is 1. The van der Waals surface area contributed by atoms with Crippen molar-refractivity contribution in [1.82, 2.24) is 4.90 Å². The van der Waals surface area contributed by atoms with Crippen molar-refractivity contribution in [3.8, 4) is 0 Å². The lowest BCUT2D eigenvalue weighted by molar-refractivity contribution is -0.117. The Bertz CT molecular complexity index is 385. The average Bonchev–Trinajstić information content (AvgIpc) is 2.40. The summed E-state index contributed by atoms with van der Waals surface area (Å²) in [5.41, 5.74) is 0.874. The molecule has 1 aromatic rings. The molecule has 0 unspecified atom stereocenters. The minimum absolute atomic E-state index is 0.0736. The normalized spacial score (nSPS) is 16.5. The van der Waals surface area contributed by atoms with Crippen LogP contribution < -0.4 is 5.32 Å². The summed E-state index contributed by atoms with van der Waals surface area (Å²) in [7, 11) is 2.04. The predicted octanol–water partition coefficient (Wildman–Crippen LogP) is 3.14. The Labute approximate surface area is 116 Å². The molecule has 1 saturated carbocycles. The number of amides is 1. The van der Waals surface area contributed by atoms with Gasteiger partial charge in [0.1, 0.15) is 0 Å².